The molecule has 1 aliphatic carbocycles. The van der Waals surface area contributed by atoms with E-state index in [1.165, 1.54) is 7.11 Å². The summed E-state index contributed by atoms with van der Waals surface area (Å²) < 4.78 is 5.11. The van der Waals surface area contributed by atoms with E-state index in [-0.39, 0.29) is 12.5 Å². The summed E-state index contributed by atoms with van der Waals surface area (Å²) in [6.45, 7) is 1.13. The number of imide groups is 1. The van der Waals surface area contributed by atoms with E-state index in [4.69, 9.17) is 4.74 Å². The molecule has 0 radical (unpaired) electrons. The Balaban J connectivity index is 1.92. The number of urea groups is 1. The molecule has 0 aromatic carbocycles. The Labute approximate surface area is 201 Å². The van der Waals surface area contributed by atoms with Gasteiger partial charge in [0.05, 0.1) is 18.9 Å². The van der Waals surface area contributed by atoms with Crippen molar-refractivity contribution in [3.05, 3.63) is 0 Å². The van der Waals surface area contributed by atoms with Crippen LogP contribution in [0.5, 0.6) is 0 Å². The summed E-state index contributed by atoms with van der Waals surface area (Å²) >= 11 is 0. The Morgan fingerprint density at radius 1 is 1.00 bits per heavy atom. The van der Waals surface area contributed by atoms with Crippen LogP contribution in [-0.4, -0.2) is 92.3 Å². The lowest BCUT2D eigenvalue weighted by atomic mass is 9.81. The van der Waals surface area contributed by atoms with Gasteiger partial charge in [-0.05, 0) is 45.7 Å². The molecule has 2 atom stereocenters. The minimum atomic E-state index is -1.50. The molecule has 4 amide bonds. The number of carbonyl (C=O) groups is 4. The van der Waals surface area contributed by atoms with Crippen molar-refractivity contribution < 1.29 is 23.9 Å². The molecule has 0 aromatic heterocycles. The van der Waals surface area contributed by atoms with Crippen LogP contribution in [0.25, 0.3) is 0 Å². The average Bonchev–Trinajstić information content (AvgIpc) is 3.45. The van der Waals surface area contributed by atoms with Gasteiger partial charge in [0.15, 0.2) is 0 Å². The number of likely N-dealkylation sites (tertiary alicyclic amines) is 1. The predicted octanol–water partition coefficient (Wildman–Crippen LogP) is 0.476. The van der Waals surface area contributed by atoms with Gasteiger partial charge in [0.2, 0.25) is 11.7 Å². The lowest BCUT2D eigenvalue weighted by Gasteiger charge is -2.35. The minimum Gasteiger partial charge on any atom is -0.469 e. The topological polar surface area (TPSA) is 123 Å². The molecule has 34 heavy (non-hydrogen) atoms. The summed E-state index contributed by atoms with van der Waals surface area (Å²) in [7, 11) is 5.96. The zero-order valence-corrected chi connectivity index (χ0v) is 20.9. The molecule has 1 saturated carbocycles. The maximum absolute atomic E-state index is 13.7. The second kappa shape index (κ2) is 11.5. The highest BCUT2D eigenvalue weighted by molar-refractivity contribution is 6.06. The standard InChI is InChI=1S/C23H40N6O5/c1-24-23(25-2)21(32)28(22(33)29(23)26-3)15-18(20(31)34-4)17(14-16-10-6-7-11-16)19(30)27-12-8-5-9-13-27/h16-18,24-26H,5-15H2,1-4H3/t17-,18+/m1/s1. The molecule has 0 unspecified atom stereocenters. The van der Waals surface area contributed by atoms with Gasteiger partial charge in [-0.1, -0.05) is 25.7 Å². The number of nitrogens with one attached hydrogen (secondary N) is 3. The fourth-order valence-electron chi connectivity index (χ4n) is 5.73. The van der Waals surface area contributed by atoms with Crippen molar-refractivity contribution in [1.29, 1.82) is 0 Å². The van der Waals surface area contributed by atoms with Crippen molar-refractivity contribution in [2.24, 2.45) is 17.8 Å². The SMILES string of the molecule is CNN1C(=O)N(C[C@H](C(=O)OC)[C@@H](CC2CCCC2)C(=O)N2CCCCC2)C(=O)C1(NC)NC. The van der Waals surface area contributed by atoms with Gasteiger partial charge in [-0.15, -0.1) is 0 Å². The number of carbonyl (C=O) groups excluding carboxylic acids is 4. The lowest BCUT2D eigenvalue weighted by Crippen LogP contribution is -2.70. The van der Waals surface area contributed by atoms with Crippen molar-refractivity contribution in [2.45, 2.75) is 57.2 Å². The van der Waals surface area contributed by atoms with Gasteiger partial charge in [-0.3, -0.25) is 29.9 Å². The molecule has 2 aliphatic heterocycles. The predicted molar refractivity (Wildman–Crippen MR) is 125 cm³/mol. The molecule has 3 fully saturated rings. The quantitative estimate of drug-likeness (QED) is 0.234. The minimum absolute atomic E-state index is 0.0694. The first-order valence-corrected chi connectivity index (χ1v) is 12.4. The highest BCUT2D eigenvalue weighted by atomic mass is 16.5. The maximum Gasteiger partial charge on any atom is 0.344 e. The number of hydrazine groups is 1. The third-order valence-electron chi connectivity index (χ3n) is 7.68. The second-order valence-electron chi connectivity index (χ2n) is 9.48. The van der Waals surface area contributed by atoms with Crippen molar-refractivity contribution in [3.63, 3.8) is 0 Å². The summed E-state index contributed by atoms with van der Waals surface area (Å²) in [6, 6.07) is -0.602. The first-order chi connectivity index (χ1) is 16.3. The molecular weight excluding hydrogens is 440 g/mol. The van der Waals surface area contributed by atoms with Crippen molar-refractivity contribution >= 4 is 23.8 Å². The molecular formula is C23H40N6O5. The Hall–Kier alpha value is -2.24. The molecule has 192 valence electrons. The Morgan fingerprint density at radius 3 is 2.12 bits per heavy atom. The van der Waals surface area contributed by atoms with Gasteiger partial charge >= 0.3 is 12.0 Å². The average molecular weight is 481 g/mol. The Bertz CT molecular complexity index is 761. The van der Waals surface area contributed by atoms with Crippen LogP contribution < -0.4 is 16.1 Å². The molecule has 0 aromatic rings. The van der Waals surface area contributed by atoms with Crippen LogP contribution in [0.2, 0.25) is 0 Å². The number of hydrogen-bond acceptors (Lipinski definition) is 8. The summed E-state index contributed by atoms with van der Waals surface area (Å²) in [5.74, 6) is -3.91. The van der Waals surface area contributed by atoms with Gasteiger partial charge < -0.3 is 9.64 Å². The summed E-state index contributed by atoms with van der Waals surface area (Å²) in [5.41, 5.74) is 2.75. The zero-order valence-electron chi connectivity index (χ0n) is 20.9. The van der Waals surface area contributed by atoms with Crippen LogP contribution in [0.3, 0.4) is 0 Å². The number of nitrogens with zero attached hydrogens (tertiary/aromatic N) is 3. The summed E-state index contributed by atoms with van der Waals surface area (Å²) in [6.07, 6.45) is 7.81. The van der Waals surface area contributed by atoms with E-state index in [1.807, 2.05) is 4.90 Å². The molecule has 0 bridgehead atoms. The number of esters is 1. The first kappa shape index (κ1) is 26.4. The lowest BCUT2D eigenvalue weighted by molar-refractivity contribution is -0.155. The van der Waals surface area contributed by atoms with E-state index < -0.39 is 35.5 Å². The molecule has 3 aliphatic rings. The van der Waals surface area contributed by atoms with Gasteiger partial charge in [0.25, 0.3) is 5.91 Å². The van der Waals surface area contributed by atoms with E-state index in [0.29, 0.717) is 25.4 Å². The Morgan fingerprint density at radius 2 is 1.62 bits per heavy atom. The Kier molecular flexibility index (Phi) is 8.89. The van der Waals surface area contributed by atoms with Gasteiger partial charge in [0.1, 0.15) is 0 Å². The van der Waals surface area contributed by atoms with Crippen LogP contribution in [-0.2, 0) is 19.1 Å². The third-order valence-corrected chi connectivity index (χ3v) is 7.68. The van der Waals surface area contributed by atoms with E-state index in [9.17, 15) is 19.2 Å². The van der Waals surface area contributed by atoms with Crippen LogP contribution in [0.4, 0.5) is 4.79 Å². The fourth-order valence-corrected chi connectivity index (χ4v) is 5.73. The number of ether oxygens (including phenoxy) is 1. The van der Waals surface area contributed by atoms with Crippen LogP contribution >= 0.6 is 0 Å². The van der Waals surface area contributed by atoms with E-state index in [2.05, 4.69) is 16.1 Å². The molecule has 0 spiro atoms. The highest BCUT2D eigenvalue weighted by Crippen LogP contribution is 2.36. The van der Waals surface area contributed by atoms with Crippen LogP contribution in [0.15, 0.2) is 0 Å². The zero-order chi connectivity index (χ0) is 24.9. The number of piperidine rings is 1. The van der Waals surface area contributed by atoms with Crippen molar-refractivity contribution in [2.75, 3.05) is 47.9 Å². The highest BCUT2D eigenvalue weighted by Gasteiger charge is 2.57. The largest absolute Gasteiger partial charge is 0.469 e. The van der Waals surface area contributed by atoms with E-state index in [0.717, 1.165) is 54.9 Å². The van der Waals surface area contributed by atoms with Crippen molar-refractivity contribution in [1.82, 2.24) is 30.9 Å². The smallest absolute Gasteiger partial charge is 0.344 e. The molecule has 2 saturated heterocycles. The normalized spacial score (nSPS) is 22.9. The van der Waals surface area contributed by atoms with Gasteiger partial charge in [-0.25, -0.2) is 15.2 Å². The van der Waals surface area contributed by atoms with Gasteiger partial charge in [0, 0.05) is 26.7 Å². The number of likely N-dealkylation sites (N-methyl/N-ethyl adjacent to an activating group) is 2. The second-order valence-corrected chi connectivity index (χ2v) is 9.48. The molecule has 11 heteroatoms. The summed E-state index contributed by atoms with van der Waals surface area (Å²) in [5, 5.41) is 6.89. The monoisotopic (exact) mass is 480 g/mol. The fraction of sp³-hybridized carbons (Fsp3) is 0.826. The number of methoxy groups -OCH3 is 1. The first-order valence-electron chi connectivity index (χ1n) is 12.4. The number of rotatable bonds is 10. The third kappa shape index (κ3) is 4.92. The number of amides is 4. The maximum atomic E-state index is 13.7. The van der Waals surface area contributed by atoms with E-state index in [1.54, 1.807) is 21.1 Å². The molecule has 3 N–H and O–H groups in total. The van der Waals surface area contributed by atoms with E-state index >= 15 is 0 Å². The molecule has 11 nitrogen and oxygen atoms in total. The van der Waals surface area contributed by atoms with Crippen LogP contribution in [0, 0.1) is 17.8 Å². The van der Waals surface area contributed by atoms with Crippen molar-refractivity contribution in [3.8, 4) is 0 Å². The number of hydrogen-bond donors (Lipinski definition) is 3. The van der Waals surface area contributed by atoms with Gasteiger partial charge in [-0.2, -0.15) is 0 Å². The van der Waals surface area contributed by atoms with Crippen LogP contribution in [0.1, 0.15) is 51.4 Å². The summed E-state index contributed by atoms with van der Waals surface area (Å²) in [4.78, 5) is 56.3. The molecule has 2 heterocycles. The molecule has 3 rings (SSSR count).